The fraction of sp³-hybridized carbons (Fsp3) is 0.583. The van der Waals surface area contributed by atoms with Crippen molar-refractivity contribution in [2.45, 2.75) is 30.8 Å². The molecule has 7 heteroatoms. The van der Waals surface area contributed by atoms with Gasteiger partial charge in [0.15, 0.2) is 5.16 Å². The zero-order valence-electron chi connectivity index (χ0n) is 11.5. The average molecular weight is 284 g/mol. The van der Waals surface area contributed by atoms with Gasteiger partial charge in [0, 0.05) is 20.2 Å². The van der Waals surface area contributed by atoms with Gasteiger partial charge in [0.2, 0.25) is 5.91 Å². The van der Waals surface area contributed by atoms with E-state index in [1.807, 2.05) is 18.4 Å². The lowest BCUT2D eigenvalue weighted by atomic mass is 10.4. The number of carbonyl (C=O) groups is 1. The molecule has 1 heterocycles. The minimum absolute atomic E-state index is 0.0344. The molecule has 1 aromatic heterocycles. The molecule has 0 aliphatic carbocycles. The Kier molecular flexibility index (Phi) is 6.58. The summed E-state index contributed by atoms with van der Waals surface area (Å²) in [4.78, 5) is 11.8. The van der Waals surface area contributed by atoms with E-state index >= 15 is 0 Å². The van der Waals surface area contributed by atoms with Gasteiger partial charge in [-0.3, -0.25) is 4.79 Å². The molecule has 0 unspecified atom stereocenters. The number of ether oxygens (including phenoxy) is 1. The smallest absolute Gasteiger partial charge is 0.233 e. The fourth-order valence-electron chi connectivity index (χ4n) is 1.42. The van der Waals surface area contributed by atoms with Gasteiger partial charge < -0.3 is 14.6 Å². The first-order chi connectivity index (χ1) is 9.10. The van der Waals surface area contributed by atoms with Crippen LogP contribution in [0, 0.1) is 6.92 Å². The molecule has 0 saturated carbocycles. The lowest BCUT2D eigenvalue weighted by Gasteiger charge is -2.12. The number of carbonyl (C=O) groups excluding carboxylic acids is 1. The van der Waals surface area contributed by atoms with Crippen LogP contribution in [0.1, 0.15) is 12.7 Å². The summed E-state index contributed by atoms with van der Waals surface area (Å²) in [6.45, 7) is 9.08. The van der Waals surface area contributed by atoms with Crippen molar-refractivity contribution < 1.29 is 9.53 Å². The van der Waals surface area contributed by atoms with E-state index in [2.05, 4.69) is 22.1 Å². The summed E-state index contributed by atoms with van der Waals surface area (Å²) in [6.07, 6.45) is 1.78. The molecule has 0 aromatic carbocycles. The van der Waals surface area contributed by atoms with E-state index in [4.69, 9.17) is 4.74 Å². The summed E-state index contributed by atoms with van der Waals surface area (Å²) < 4.78 is 6.81. The maximum Gasteiger partial charge on any atom is 0.233 e. The van der Waals surface area contributed by atoms with Gasteiger partial charge in [0.25, 0.3) is 0 Å². The van der Waals surface area contributed by atoms with Crippen molar-refractivity contribution in [1.82, 2.24) is 20.1 Å². The standard InChI is InChI=1S/C12H20N4O2S/c1-5-7-16-10(3)14-15-12(16)19-9(2)11(17)13-6-8-18-4/h5,9H,1,6-8H2,2-4H3,(H,13,17)/t9-/m1/s1. The molecule has 0 radical (unpaired) electrons. The monoisotopic (exact) mass is 284 g/mol. The first-order valence-corrected chi connectivity index (χ1v) is 6.92. The highest BCUT2D eigenvalue weighted by Gasteiger charge is 2.18. The van der Waals surface area contributed by atoms with E-state index in [-0.39, 0.29) is 11.2 Å². The molecule has 0 aliphatic rings. The Balaban J connectivity index is 2.58. The third-order valence-electron chi connectivity index (χ3n) is 2.47. The van der Waals surface area contributed by atoms with Crippen LogP contribution >= 0.6 is 11.8 Å². The van der Waals surface area contributed by atoms with Crippen molar-refractivity contribution in [3.63, 3.8) is 0 Å². The zero-order chi connectivity index (χ0) is 14.3. The Labute approximate surface area is 117 Å². The van der Waals surface area contributed by atoms with Crippen LogP contribution in [0.2, 0.25) is 0 Å². The van der Waals surface area contributed by atoms with Gasteiger partial charge in [-0.15, -0.1) is 16.8 Å². The maximum absolute atomic E-state index is 11.8. The Morgan fingerprint density at radius 2 is 2.37 bits per heavy atom. The number of hydrogen-bond donors (Lipinski definition) is 1. The van der Waals surface area contributed by atoms with Crippen LogP contribution in [0.25, 0.3) is 0 Å². The SMILES string of the molecule is C=CCn1c(C)nnc1S[C@H](C)C(=O)NCCOC. The molecular formula is C12H20N4O2S. The second-order valence-corrected chi connectivity index (χ2v) is 5.28. The molecule has 0 fully saturated rings. The maximum atomic E-state index is 11.8. The number of nitrogens with zero attached hydrogens (tertiary/aromatic N) is 3. The fourth-order valence-corrected chi connectivity index (χ4v) is 2.35. The molecule has 0 spiro atoms. The second kappa shape index (κ2) is 7.96. The third kappa shape index (κ3) is 4.68. The van der Waals surface area contributed by atoms with Gasteiger partial charge in [-0.2, -0.15) is 0 Å². The molecule has 19 heavy (non-hydrogen) atoms. The first kappa shape index (κ1) is 15.7. The van der Waals surface area contributed by atoms with Gasteiger partial charge in [-0.05, 0) is 13.8 Å². The minimum atomic E-state index is -0.232. The normalized spacial score (nSPS) is 12.2. The lowest BCUT2D eigenvalue weighted by molar-refractivity contribution is -0.120. The van der Waals surface area contributed by atoms with E-state index < -0.39 is 0 Å². The van der Waals surface area contributed by atoms with E-state index in [1.54, 1.807) is 13.2 Å². The molecule has 0 aliphatic heterocycles. The first-order valence-electron chi connectivity index (χ1n) is 6.04. The summed E-state index contributed by atoms with van der Waals surface area (Å²) in [5.74, 6) is 0.780. The molecule has 1 aromatic rings. The predicted molar refractivity (Wildman–Crippen MR) is 75.2 cm³/mol. The van der Waals surface area contributed by atoms with E-state index in [1.165, 1.54) is 11.8 Å². The molecule has 0 bridgehead atoms. The van der Waals surface area contributed by atoms with Crippen LogP contribution in [0.4, 0.5) is 0 Å². The van der Waals surface area contributed by atoms with Gasteiger partial charge in [-0.1, -0.05) is 17.8 Å². The van der Waals surface area contributed by atoms with Gasteiger partial charge in [0.05, 0.1) is 11.9 Å². The Morgan fingerprint density at radius 1 is 1.63 bits per heavy atom. The number of hydrogen-bond acceptors (Lipinski definition) is 5. The van der Waals surface area contributed by atoms with Crippen LogP contribution in [0.15, 0.2) is 17.8 Å². The van der Waals surface area contributed by atoms with E-state index in [0.29, 0.717) is 19.7 Å². The summed E-state index contributed by atoms with van der Waals surface area (Å²) in [7, 11) is 1.60. The van der Waals surface area contributed by atoms with Crippen LogP contribution in [0.3, 0.4) is 0 Å². The van der Waals surface area contributed by atoms with Crippen LogP contribution in [0.5, 0.6) is 0 Å². The van der Waals surface area contributed by atoms with Crippen molar-refractivity contribution in [2.75, 3.05) is 20.3 Å². The quantitative estimate of drug-likeness (QED) is 0.438. The summed E-state index contributed by atoms with van der Waals surface area (Å²) >= 11 is 1.39. The lowest BCUT2D eigenvalue weighted by Crippen LogP contribution is -2.33. The number of allylic oxidation sites excluding steroid dienone is 1. The highest BCUT2D eigenvalue weighted by atomic mass is 32.2. The van der Waals surface area contributed by atoms with Crippen LogP contribution in [-0.4, -0.2) is 46.2 Å². The average Bonchev–Trinajstić information content (AvgIpc) is 2.72. The van der Waals surface area contributed by atoms with Crippen molar-refractivity contribution >= 4 is 17.7 Å². The summed E-state index contributed by atoms with van der Waals surface area (Å²) in [5.41, 5.74) is 0. The molecular weight excluding hydrogens is 264 g/mol. The van der Waals surface area contributed by atoms with Gasteiger partial charge >= 0.3 is 0 Å². The molecule has 106 valence electrons. The minimum Gasteiger partial charge on any atom is -0.383 e. The van der Waals surface area contributed by atoms with Crippen molar-refractivity contribution in [3.05, 3.63) is 18.5 Å². The third-order valence-corrected chi connectivity index (χ3v) is 3.55. The molecule has 1 N–H and O–H groups in total. The van der Waals surface area contributed by atoms with Gasteiger partial charge in [0.1, 0.15) is 5.82 Å². The number of amides is 1. The number of nitrogens with one attached hydrogen (secondary N) is 1. The summed E-state index contributed by atoms with van der Waals surface area (Å²) in [5, 5.41) is 11.4. The van der Waals surface area contributed by atoms with E-state index in [9.17, 15) is 4.79 Å². The molecule has 1 atom stereocenters. The number of rotatable bonds is 8. The largest absolute Gasteiger partial charge is 0.383 e. The number of aromatic nitrogens is 3. The molecule has 6 nitrogen and oxygen atoms in total. The number of methoxy groups -OCH3 is 1. The zero-order valence-corrected chi connectivity index (χ0v) is 12.4. The van der Waals surface area contributed by atoms with Crippen LogP contribution < -0.4 is 5.32 Å². The van der Waals surface area contributed by atoms with Crippen molar-refractivity contribution in [3.8, 4) is 0 Å². The second-order valence-electron chi connectivity index (χ2n) is 3.97. The molecule has 1 amide bonds. The molecule has 1 rings (SSSR count). The van der Waals surface area contributed by atoms with Crippen LogP contribution in [-0.2, 0) is 16.1 Å². The predicted octanol–water partition coefficient (Wildman–Crippen LogP) is 1.02. The van der Waals surface area contributed by atoms with E-state index in [0.717, 1.165) is 11.0 Å². The Bertz CT molecular complexity index is 433. The highest BCUT2D eigenvalue weighted by Crippen LogP contribution is 2.22. The highest BCUT2D eigenvalue weighted by molar-refractivity contribution is 8.00. The number of thioether (sulfide) groups is 1. The molecule has 0 saturated heterocycles. The topological polar surface area (TPSA) is 69.0 Å². The Morgan fingerprint density at radius 3 is 3.00 bits per heavy atom. The Hall–Kier alpha value is -1.34. The number of aryl methyl sites for hydroxylation is 1. The van der Waals surface area contributed by atoms with Crippen molar-refractivity contribution in [2.24, 2.45) is 0 Å². The van der Waals surface area contributed by atoms with Crippen molar-refractivity contribution in [1.29, 1.82) is 0 Å². The van der Waals surface area contributed by atoms with Gasteiger partial charge in [-0.25, -0.2) is 0 Å². The summed E-state index contributed by atoms with van der Waals surface area (Å²) in [6, 6.07) is 0.